The molecule has 1 N–H and O–H groups in total. The molecule has 1 fully saturated rings. The van der Waals surface area contributed by atoms with Crippen molar-refractivity contribution in [3.8, 4) is 0 Å². The molecule has 2 rings (SSSR count). The summed E-state index contributed by atoms with van der Waals surface area (Å²) in [4.78, 5) is 29.4. The number of rotatable bonds is 5. The first-order chi connectivity index (χ1) is 9.39. The highest BCUT2D eigenvalue weighted by Crippen LogP contribution is 2.59. The molecular weight excluding hydrogens is 256 g/mol. The lowest BCUT2D eigenvalue weighted by Crippen LogP contribution is -2.33. The van der Waals surface area contributed by atoms with Crippen LogP contribution < -0.4 is 0 Å². The Morgan fingerprint density at radius 2 is 1.90 bits per heavy atom. The van der Waals surface area contributed by atoms with Gasteiger partial charge in [0.1, 0.15) is 0 Å². The molecule has 0 saturated heterocycles. The summed E-state index contributed by atoms with van der Waals surface area (Å²) in [5, 5.41) is 9.17. The molecule has 2 atom stereocenters. The Bertz CT molecular complexity index is 513. The number of carboxylic acids is 1. The number of carbonyl (C=O) groups excluding carboxylic acids is 1. The number of carbonyl (C=O) groups is 2. The van der Waals surface area contributed by atoms with Crippen molar-refractivity contribution in [3.63, 3.8) is 0 Å². The van der Waals surface area contributed by atoms with Gasteiger partial charge < -0.3 is 10.0 Å². The van der Waals surface area contributed by atoms with Crippen molar-refractivity contribution in [1.29, 1.82) is 0 Å². The molecule has 5 heteroatoms. The van der Waals surface area contributed by atoms with Gasteiger partial charge in [-0.2, -0.15) is 0 Å². The highest BCUT2D eigenvalue weighted by atomic mass is 16.4. The van der Waals surface area contributed by atoms with E-state index >= 15 is 0 Å². The van der Waals surface area contributed by atoms with Gasteiger partial charge >= 0.3 is 5.97 Å². The highest BCUT2D eigenvalue weighted by molar-refractivity contribution is 5.91. The zero-order valence-electron chi connectivity index (χ0n) is 12.0. The average Bonchev–Trinajstić information content (AvgIpc) is 2.99. The fourth-order valence-corrected chi connectivity index (χ4v) is 2.81. The molecule has 1 aromatic rings. The summed E-state index contributed by atoms with van der Waals surface area (Å²) in [5.74, 6) is -1.93. The van der Waals surface area contributed by atoms with Gasteiger partial charge in [0.2, 0.25) is 5.91 Å². The van der Waals surface area contributed by atoms with E-state index in [1.807, 2.05) is 32.9 Å². The summed E-state index contributed by atoms with van der Waals surface area (Å²) in [6.45, 7) is 6.66. The second-order valence-corrected chi connectivity index (χ2v) is 5.82. The Morgan fingerprint density at radius 3 is 2.35 bits per heavy atom. The Hall–Kier alpha value is -1.91. The van der Waals surface area contributed by atoms with Crippen molar-refractivity contribution in [3.05, 3.63) is 30.1 Å². The highest BCUT2D eigenvalue weighted by Gasteiger charge is 2.66. The number of amides is 1. The van der Waals surface area contributed by atoms with E-state index < -0.39 is 23.2 Å². The van der Waals surface area contributed by atoms with E-state index in [4.69, 9.17) is 0 Å². The molecule has 0 unspecified atom stereocenters. The number of aromatic nitrogens is 1. The second kappa shape index (κ2) is 5.23. The molecule has 0 aliphatic heterocycles. The SMILES string of the molecule is CCN(Cc1ccncc1)C(=O)[C@@H]1[C@H](C(=O)O)C1(C)C. The summed E-state index contributed by atoms with van der Waals surface area (Å²) < 4.78 is 0. The number of hydrogen-bond acceptors (Lipinski definition) is 3. The van der Waals surface area contributed by atoms with Gasteiger partial charge in [0.05, 0.1) is 11.8 Å². The third-order valence-corrected chi connectivity index (χ3v) is 4.18. The fourth-order valence-electron chi connectivity index (χ4n) is 2.81. The summed E-state index contributed by atoms with van der Waals surface area (Å²) in [7, 11) is 0. The lowest BCUT2D eigenvalue weighted by molar-refractivity contribution is -0.142. The molecule has 0 bridgehead atoms. The zero-order valence-corrected chi connectivity index (χ0v) is 12.0. The fraction of sp³-hybridized carbons (Fsp3) is 0.533. The standard InChI is InChI=1S/C15H20N2O3/c1-4-17(9-10-5-7-16-8-6-10)13(18)11-12(14(19)20)15(11,2)3/h5-8,11-12H,4,9H2,1-3H3,(H,19,20)/t11-,12+/m0/s1. The molecule has 0 aromatic carbocycles. The molecule has 1 aliphatic carbocycles. The second-order valence-electron chi connectivity index (χ2n) is 5.82. The van der Waals surface area contributed by atoms with E-state index in [0.717, 1.165) is 5.56 Å². The van der Waals surface area contributed by atoms with Crippen LogP contribution in [0.4, 0.5) is 0 Å². The predicted molar refractivity (Wildman–Crippen MR) is 73.7 cm³/mol. The smallest absolute Gasteiger partial charge is 0.307 e. The minimum atomic E-state index is -0.881. The minimum Gasteiger partial charge on any atom is -0.481 e. The Balaban J connectivity index is 2.09. The van der Waals surface area contributed by atoms with Crippen LogP contribution in [0.15, 0.2) is 24.5 Å². The first-order valence-electron chi connectivity index (χ1n) is 6.80. The topological polar surface area (TPSA) is 70.5 Å². The zero-order chi connectivity index (χ0) is 14.9. The van der Waals surface area contributed by atoms with Gasteiger partial charge in [0.25, 0.3) is 0 Å². The van der Waals surface area contributed by atoms with Crippen LogP contribution in [0.2, 0.25) is 0 Å². The lowest BCUT2D eigenvalue weighted by atomic mass is 10.1. The number of hydrogen-bond donors (Lipinski definition) is 1. The van der Waals surface area contributed by atoms with Gasteiger partial charge in [-0.3, -0.25) is 14.6 Å². The van der Waals surface area contributed by atoms with E-state index in [2.05, 4.69) is 4.98 Å². The van der Waals surface area contributed by atoms with Crippen molar-refractivity contribution >= 4 is 11.9 Å². The first kappa shape index (κ1) is 14.5. The molecule has 0 spiro atoms. The van der Waals surface area contributed by atoms with Crippen molar-refractivity contribution in [2.45, 2.75) is 27.3 Å². The first-order valence-corrected chi connectivity index (χ1v) is 6.80. The summed E-state index contributed by atoms with van der Waals surface area (Å²) in [6.07, 6.45) is 3.38. The third kappa shape index (κ3) is 2.53. The van der Waals surface area contributed by atoms with Crippen LogP contribution in [0, 0.1) is 17.3 Å². The van der Waals surface area contributed by atoms with Crippen LogP contribution in [0.25, 0.3) is 0 Å². The van der Waals surface area contributed by atoms with Crippen molar-refractivity contribution in [2.75, 3.05) is 6.54 Å². The Labute approximate surface area is 118 Å². The molecule has 108 valence electrons. The normalized spacial score (nSPS) is 23.1. The van der Waals surface area contributed by atoms with Gasteiger partial charge in [0.15, 0.2) is 0 Å². The molecule has 5 nitrogen and oxygen atoms in total. The van der Waals surface area contributed by atoms with E-state index in [0.29, 0.717) is 13.1 Å². The van der Waals surface area contributed by atoms with E-state index in [1.54, 1.807) is 17.3 Å². The number of nitrogens with zero attached hydrogens (tertiary/aromatic N) is 2. The van der Waals surface area contributed by atoms with Crippen LogP contribution in [0.1, 0.15) is 26.3 Å². The Kier molecular flexibility index (Phi) is 3.79. The quantitative estimate of drug-likeness (QED) is 0.890. The third-order valence-electron chi connectivity index (χ3n) is 4.18. The molecule has 1 aromatic heterocycles. The van der Waals surface area contributed by atoms with Crippen molar-refractivity contribution in [1.82, 2.24) is 9.88 Å². The summed E-state index contributed by atoms with van der Waals surface area (Å²) >= 11 is 0. The predicted octanol–water partition coefficient (Wildman–Crippen LogP) is 1.79. The lowest BCUT2D eigenvalue weighted by Gasteiger charge is -2.21. The summed E-state index contributed by atoms with van der Waals surface area (Å²) in [5.41, 5.74) is 0.551. The van der Waals surface area contributed by atoms with Crippen LogP contribution in [-0.4, -0.2) is 33.4 Å². The number of carboxylic acid groups (broad SMARTS) is 1. The molecule has 20 heavy (non-hydrogen) atoms. The van der Waals surface area contributed by atoms with Gasteiger partial charge in [-0.05, 0) is 30.0 Å². The molecule has 1 amide bonds. The molecule has 0 radical (unpaired) electrons. The van der Waals surface area contributed by atoms with Gasteiger partial charge in [-0.15, -0.1) is 0 Å². The molecular formula is C15H20N2O3. The average molecular weight is 276 g/mol. The maximum absolute atomic E-state index is 12.5. The summed E-state index contributed by atoms with van der Waals surface area (Å²) in [6, 6.07) is 3.73. The van der Waals surface area contributed by atoms with Crippen molar-refractivity contribution in [2.24, 2.45) is 17.3 Å². The maximum Gasteiger partial charge on any atom is 0.307 e. The van der Waals surface area contributed by atoms with Gasteiger partial charge in [-0.1, -0.05) is 13.8 Å². The van der Waals surface area contributed by atoms with Gasteiger partial charge in [0, 0.05) is 25.5 Å². The van der Waals surface area contributed by atoms with Gasteiger partial charge in [-0.25, -0.2) is 0 Å². The minimum absolute atomic E-state index is 0.0679. The maximum atomic E-state index is 12.5. The number of pyridine rings is 1. The monoisotopic (exact) mass is 276 g/mol. The molecule has 1 aliphatic rings. The van der Waals surface area contributed by atoms with Crippen LogP contribution in [0.3, 0.4) is 0 Å². The Morgan fingerprint density at radius 1 is 1.30 bits per heavy atom. The van der Waals surface area contributed by atoms with Crippen LogP contribution in [-0.2, 0) is 16.1 Å². The molecule has 1 saturated carbocycles. The van der Waals surface area contributed by atoms with Crippen LogP contribution >= 0.6 is 0 Å². The number of aliphatic carboxylic acids is 1. The van der Waals surface area contributed by atoms with E-state index in [9.17, 15) is 14.7 Å². The van der Waals surface area contributed by atoms with E-state index in [1.165, 1.54) is 0 Å². The van der Waals surface area contributed by atoms with Crippen molar-refractivity contribution < 1.29 is 14.7 Å². The van der Waals surface area contributed by atoms with E-state index in [-0.39, 0.29) is 5.91 Å². The van der Waals surface area contributed by atoms with Crippen LogP contribution in [0.5, 0.6) is 0 Å². The molecule has 1 heterocycles. The largest absolute Gasteiger partial charge is 0.481 e.